The van der Waals surface area contributed by atoms with Gasteiger partial charge >= 0.3 is 0 Å². The van der Waals surface area contributed by atoms with Crippen LogP contribution < -0.4 is 10.1 Å². The Hall–Kier alpha value is -1.94. The summed E-state index contributed by atoms with van der Waals surface area (Å²) in [5.41, 5.74) is 1.01. The van der Waals surface area contributed by atoms with Gasteiger partial charge in [-0.3, -0.25) is 0 Å². The molecule has 0 bridgehead atoms. The lowest BCUT2D eigenvalue weighted by molar-refractivity contribution is 0.146. The molecule has 0 spiro atoms. The molecule has 1 aromatic heterocycles. The number of rotatable bonds is 8. The number of aryl methyl sites for hydroxylation is 1. The molecule has 1 heterocycles. The van der Waals surface area contributed by atoms with Crippen LogP contribution >= 0.6 is 0 Å². The molecule has 2 aromatic rings. The van der Waals surface area contributed by atoms with Gasteiger partial charge in [0.1, 0.15) is 23.9 Å². The van der Waals surface area contributed by atoms with E-state index in [2.05, 4.69) is 12.2 Å². The third-order valence-corrected chi connectivity index (χ3v) is 2.92. The molecule has 4 heteroatoms. The van der Waals surface area contributed by atoms with Gasteiger partial charge in [0.25, 0.3) is 0 Å². The largest absolute Gasteiger partial charge is 0.491 e. The second-order valence-electron chi connectivity index (χ2n) is 4.44. The predicted octanol–water partition coefficient (Wildman–Crippen LogP) is 3.48. The maximum atomic E-state index is 5.65. The Labute approximate surface area is 119 Å². The van der Waals surface area contributed by atoms with Gasteiger partial charge in [-0.2, -0.15) is 0 Å². The first kappa shape index (κ1) is 14.5. The van der Waals surface area contributed by atoms with Gasteiger partial charge < -0.3 is 19.2 Å². The number of ether oxygens (including phenoxy) is 2. The number of hydrogen-bond donors (Lipinski definition) is 1. The van der Waals surface area contributed by atoms with Gasteiger partial charge in [0.05, 0.1) is 13.2 Å². The van der Waals surface area contributed by atoms with E-state index in [0.29, 0.717) is 19.8 Å². The van der Waals surface area contributed by atoms with Gasteiger partial charge in [0, 0.05) is 25.3 Å². The lowest BCUT2D eigenvalue weighted by Crippen LogP contribution is -2.04. The van der Waals surface area contributed by atoms with Crippen LogP contribution in [0.2, 0.25) is 0 Å². The topological polar surface area (TPSA) is 43.6 Å². The van der Waals surface area contributed by atoms with E-state index in [9.17, 15) is 0 Å². The van der Waals surface area contributed by atoms with Crippen molar-refractivity contribution in [2.45, 2.75) is 19.9 Å². The van der Waals surface area contributed by atoms with Crippen LogP contribution in [-0.4, -0.2) is 20.3 Å². The summed E-state index contributed by atoms with van der Waals surface area (Å²) < 4.78 is 16.2. The van der Waals surface area contributed by atoms with Crippen LogP contribution in [0.25, 0.3) is 0 Å². The molecule has 0 radical (unpaired) electrons. The van der Waals surface area contributed by atoms with Crippen LogP contribution in [0.5, 0.6) is 5.75 Å². The summed E-state index contributed by atoms with van der Waals surface area (Å²) in [7, 11) is 1.66. The van der Waals surface area contributed by atoms with Crippen molar-refractivity contribution in [2.75, 3.05) is 25.6 Å². The Morgan fingerprint density at radius 2 is 1.95 bits per heavy atom. The Balaban J connectivity index is 1.87. The Kier molecular flexibility index (Phi) is 5.50. The molecule has 0 unspecified atom stereocenters. The molecule has 0 atom stereocenters. The molecule has 0 saturated carbocycles. The maximum absolute atomic E-state index is 5.65. The van der Waals surface area contributed by atoms with Gasteiger partial charge in [0.15, 0.2) is 0 Å². The zero-order chi connectivity index (χ0) is 14.2. The van der Waals surface area contributed by atoms with E-state index < -0.39 is 0 Å². The normalized spacial score (nSPS) is 10.5. The monoisotopic (exact) mass is 275 g/mol. The van der Waals surface area contributed by atoms with E-state index >= 15 is 0 Å². The number of methoxy groups -OCH3 is 1. The lowest BCUT2D eigenvalue weighted by atomic mass is 10.3. The van der Waals surface area contributed by atoms with Crippen LogP contribution in [0.15, 0.2) is 40.8 Å². The van der Waals surface area contributed by atoms with Gasteiger partial charge in [-0.15, -0.1) is 0 Å². The number of benzene rings is 1. The third-order valence-electron chi connectivity index (χ3n) is 2.92. The first-order valence-electron chi connectivity index (χ1n) is 6.85. The van der Waals surface area contributed by atoms with Crippen LogP contribution in [0.1, 0.15) is 18.4 Å². The molecule has 0 amide bonds. The second-order valence-corrected chi connectivity index (χ2v) is 4.44. The molecule has 20 heavy (non-hydrogen) atoms. The van der Waals surface area contributed by atoms with Crippen LogP contribution in [0.4, 0.5) is 5.69 Å². The van der Waals surface area contributed by atoms with Crippen molar-refractivity contribution in [1.82, 2.24) is 0 Å². The fraction of sp³-hybridized carbons (Fsp3) is 0.375. The summed E-state index contributed by atoms with van der Waals surface area (Å²) in [5.74, 6) is 2.78. The zero-order valence-electron chi connectivity index (χ0n) is 12.0. The van der Waals surface area contributed by atoms with Crippen molar-refractivity contribution in [3.63, 3.8) is 0 Å². The van der Waals surface area contributed by atoms with Crippen LogP contribution in [0.3, 0.4) is 0 Å². The minimum atomic E-state index is 0.554. The highest BCUT2D eigenvalue weighted by Crippen LogP contribution is 2.18. The highest BCUT2D eigenvalue weighted by Gasteiger charge is 2.01. The molecule has 2 rings (SSSR count). The molecule has 0 fully saturated rings. The van der Waals surface area contributed by atoms with Gasteiger partial charge in [0.2, 0.25) is 0 Å². The van der Waals surface area contributed by atoms with Crippen LogP contribution in [-0.2, 0) is 17.7 Å². The first-order valence-corrected chi connectivity index (χ1v) is 6.85. The number of hydrogen-bond acceptors (Lipinski definition) is 4. The number of anilines is 1. The average molecular weight is 275 g/mol. The Bertz CT molecular complexity index is 522. The highest BCUT2D eigenvalue weighted by atomic mass is 16.5. The highest BCUT2D eigenvalue weighted by molar-refractivity contribution is 5.48. The Morgan fingerprint density at radius 1 is 1.10 bits per heavy atom. The maximum Gasteiger partial charge on any atom is 0.123 e. The summed E-state index contributed by atoms with van der Waals surface area (Å²) in [6.07, 6.45) is 0.919. The van der Waals surface area contributed by atoms with E-state index in [0.717, 1.165) is 29.4 Å². The standard InChI is InChI=1S/C16H21NO3/c1-3-14-7-8-16(20-14)12-17-13-5-4-6-15(11-13)19-10-9-18-2/h4-8,11,17H,3,9-10,12H2,1-2H3. The SMILES string of the molecule is CCc1ccc(CNc2cccc(OCCOC)c2)o1. The molecule has 1 N–H and O–H groups in total. The molecule has 0 saturated heterocycles. The van der Waals surface area contributed by atoms with Crippen molar-refractivity contribution in [2.24, 2.45) is 0 Å². The summed E-state index contributed by atoms with van der Waals surface area (Å²) in [5, 5.41) is 3.32. The summed E-state index contributed by atoms with van der Waals surface area (Å²) in [6.45, 7) is 3.89. The first-order chi connectivity index (χ1) is 9.81. The smallest absolute Gasteiger partial charge is 0.123 e. The molecule has 108 valence electrons. The molecule has 1 aromatic carbocycles. The van der Waals surface area contributed by atoms with E-state index in [1.807, 2.05) is 36.4 Å². The second kappa shape index (κ2) is 7.60. The molecule has 0 aliphatic carbocycles. The van der Waals surface area contributed by atoms with Crippen molar-refractivity contribution in [3.05, 3.63) is 47.9 Å². The molecule has 0 aliphatic rings. The molecular formula is C16H21NO3. The van der Waals surface area contributed by atoms with Crippen molar-refractivity contribution in [3.8, 4) is 5.75 Å². The average Bonchev–Trinajstić information content (AvgIpc) is 2.94. The van der Waals surface area contributed by atoms with E-state index in [1.165, 1.54) is 0 Å². The van der Waals surface area contributed by atoms with Crippen LogP contribution in [0, 0.1) is 0 Å². The van der Waals surface area contributed by atoms with E-state index in [4.69, 9.17) is 13.9 Å². The fourth-order valence-corrected chi connectivity index (χ4v) is 1.84. The predicted molar refractivity (Wildman–Crippen MR) is 79.2 cm³/mol. The summed E-state index contributed by atoms with van der Waals surface area (Å²) >= 11 is 0. The molecule has 0 aliphatic heterocycles. The minimum absolute atomic E-state index is 0.554. The van der Waals surface area contributed by atoms with Crippen molar-refractivity contribution < 1.29 is 13.9 Å². The summed E-state index contributed by atoms with van der Waals surface area (Å²) in [6, 6.07) is 11.9. The fourth-order valence-electron chi connectivity index (χ4n) is 1.84. The quantitative estimate of drug-likeness (QED) is 0.749. The number of furan rings is 1. The lowest BCUT2D eigenvalue weighted by Gasteiger charge is -2.08. The summed E-state index contributed by atoms with van der Waals surface area (Å²) in [4.78, 5) is 0. The van der Waals surface area contributed by atoms with Crippen molar-refractivity contribution >= 4 is 5.69 Å². The van der Waals surface area contributed by atoms with Gasteiger partial charge in [-0.05, 0) is 24.3 Å². The van der Waals surface area contributed by atoms with Crippen molar-refractivity contribution in [1.29, 1.82) is 0 Å². The minimum Gasteiger partial charge on any atom is -0.491 e. The van der Waals surface area contributed by atoms with Gasteiger partial charge in [-0.1, -0.05) is 13.0 Å². The molecular weight excluding hydrogens is 254 g/mol. The molecule has 4 nitrogen and oxygen atoms in total. The van der Waals surface area contributed by atoms with E-state index in [-0.39, 0.29) is 0 Å². The zero-order valence-corrected chi connectivity index (χ0v) is 12.0. The third kappa shape index (κ3) is 4.31. The van der Waals surface area contributed by atoms with Gasteiger partial charge in [-0.25, -0.2) is 0 Å². The Morgan fingerprint density at radius 3 is 2.70 bits per heavy atom. The van der Waals surface area contributed by atoms with E-state index in [1.54, 1.807) is 7.11 Å². The number of nitrogens with one attached hydrogen (secondary N) is 1.